The lowest BCUT2D eigenvalue weighted by Gasteiger charge is -2.00. The second-order valence-electron chi connectivity index (χ2n) is 4.15. The molecule has 1 radical (unpaired) electrons. The summed E-state index contributed by atoms with van der Waals surface area (Å²) in [6, 6.07) is 16.2. The third-order valence-electron chi connectivity index (χ3n) is 2.75. The smallest absolute Gasteiger partial charge is 0.159 e. The van der Waals surface area contributed by atoms with Crippen molar-refractivity contribution in [2.24, 2.45) is 0 Å². The number of nitrogens with zero attached hydrogens (tertiary/aromatic N) is 4. The fourth-order valence-electron chi connectivity index (χ4n) is 1.79. The second-order valence-corrected chi connectivity index (χ2v) is 4.90. The number of hydrogen-bond acceptors (Lipinski definition) is 3. The lowest BCUT2D eigenvalue weighted by Crippen LogP contribution is -2.03. The first-order valence-electron chi connectivity index (χ1n) is 5.92. The van der Waals surface area contributed by atoms with Crippen LogP contribution in [0, 0.1) is 6.07 Å². The standard InChI is InChI=1S/C14H9Cl2N4/c15-12-8-4-7-11(13(12)16)14-17-19-20(18-14)9-10-5-2-1-3-6-10/h1-7H,9H2. The molecule has 0 unspecified atom stereocenters. The normalized spacial score (nSPS) is 10.7. The molecule has 20 heavy (non-hydrogen) atoms. The first kappa shape index (κ1) is 13.1. The Hall–Kier alpha value is -1.91. The molecular weight excluding hydrogens is 295 g/mol. The Kier molecular flexibility index (Phi) is 3.67. The minimum atomic E-state index is 0.351. The van der Waals surface area contributed by atoms with E-state index < -0.39 is 0 Å². The van der Waals surface area contributed by atoms with E-state index in [1.165, 1.54) is 4.80 Å². The Morgan fingerprint density at radius 1 is 1.10 bits per heavy atom. The van der Waals surface area contributed by atoms with Crippen LogP contribution in [0.15, 0.2) is 42.5 Å². The van der Waals surface area contributed by atoms with Crippen LogP contribution >= 0.6 is 23.2 Å². The van der Waals surface area contributed by atoms with Crippen LogP contribution in [0.1, 0.15) is 5.56 Å². The summed E-state index contributed by atoms with van der Waals surface area (Å²) in [4.78, 5) is 1.52. The van der Waals surface area contributed by atoms with Crippen molar-refractivity contribution in [2.45, 2.75) is 6.54 Å². The zero-order chi connectivity index (χ0) is 13.9. The van der Waals surface area contributed by atoms with E-state index in [0.29, 0.717) is 28.0 Å². The van der Waals surface area contributed by atoms with Gasteiger partial charge in [-0.1, -0.05) is 59.6 Å². The van der Waals surface area contributed by atoms with Gasteiger partial charge in [0.25, 0.3) is 0 Å². The summed E-state index contributed by atoms with van der Waals surface area (Å²) >= 11 is 12.0. The molecule has 0 saturated carbocycles. The van der Waals surface area contributed by atoms with Crippen LogP contribution in [0.4, 0.5) is 0 Å². The van der Waals surface area contributed by atoms with E-state index in [2.05, 4.69) is 21.5 Å². The van der Waals surface area contributed by atoms with Gasteiger partial charge >= 0.3 is 0 Å². The van der Waals surface area contributed by atoms with Gasteiger partial charge in [0, 0.05) is 11.6 Å². The summed E-state index contributed by atoms with van der Waals surface area (Å²) in [5.74, 6) is 0.446. The Balaban J connectivity index is 1.89. The van der Waals surface area contributed by atoms with Gasteiger partial charge in [0.2, 0.25) is 5.82 Å². The van der Waals surface area contributed by atoms with Crippen molar-refractivity contribution in [1.29, 1.82) is 0 Å². The highest BCUT2D eigenvalue weighted by Crippen LogP contribution is 2.30. The highest BCUT2D eigenvalue weighted by Gasteiger charge is 2.12. The van der Waals surface area contributed by atoms with Crippen LogP contribution in [-0.4, -0.2) is 20.2 Å². The lowest BCUT2D eigenvalue weighted by atomic mass is 10.2. The molecule has 0 aliphatic heterocycles. The summed E-state index contributed by atoms with van der Waals surface area (Å²) in [6.07, 6.45) is 0. The van der Waals surface area contributed by atoms with E-state index in [-0.39, 0.29) is 0 Å². The summed E-state index contributed by atoms with van der Waals surface area (Å²) in [7, 11) is 0. The highest BCUT2D eigenvalue weighted by molar-refractivity contribution is 6.43. The van der Waals surface area contributed by atoms with E-state index >= 15 is 0 Å². The van der Waals surface area contributed by atoms with Gasteiger partial charge in [-0.05, 0) is 16.8 Å². The quantitative estimate of drug-likeness (QED) is 0.744. The molecule has 0 atom stereocenters. The molecule has 0 bridgehead atoms. The minimum absolute atomic E-state index is 0.351. The van der Waals surface area contributed by atoms with Crippen molar-refractivity contribution in [1.82, 2.24) is 20.2 Å². The van der Waals surface area contributed by atoms with Crippen LogP contribution in [0.2, 0.25) is 10.0 Å². The van der Waals surface area contributed by atoms with Crippen LogP contribution in [-0.2, 0) is 6.54 Å². The van der Waals surface area contributed by atoms with Gasteiger partial charge in [-0.3, -0.25) is 0 Å². The average Bonchev–Trinajstić information content (AvgIpc) is 2.91. The minimum Gasteiger partial charge on any atom is -0.159 e. The maximum Gasteiger partial charge on any atom is 0.206 e. The number of rotatable bonds is 3. The van der Waals surface area contributed by atoms with E-state index in [0.717, 1.165) is 5.56 Å². The summed E-state index contributed by atoms with van der Waals surface area (Å²) in [5, 5.41) is 13.1. The first-order chi connectivity index (χ1) is 9.74. The predicted octanol–water partition coefficient (Wildman–Crippen LogP) is 3.50. The van der Waals surface area contributed by atoms with Crippen LogP contribution in [0.5, 0.6) is 0 Å². The molecule has 0 saturated heterocycles. The van der Waals surface area contributed by atoms with Gasteiger partial charge in [0.1, 0.15) is 0 Å². The molecule has 0 aliphatic carbocycles. The van der Waals surface area contributed by atoms with Crippen LogP contribution < -0.4 is 0 Å². The van der Waals surface area contributed by atoms with Crippen LogP contribution in [0.25, 0.3) is 11.4 Å². The molecule has 1 aromatic heterocycles. The van der Waals surface area contributed by atoms with Gasteiger partial charge in [-0.25, -0.2) is 0 Å². The van der Waals surface area contributed by atoms with Gasteiger partial charge in [0.05, 0.1) is 16.6 Å². The lowest BCUT2D eigenvalue weighted by molar-refractivity contribution is 0.573. The number of hydrogen-bond donors (Lipinski definition) is 0. The average molecular weight is 304 g/mol. The van der Waals surface area contributed by atoms with E-state index in [1.54, 1.807) is 12.1 Å². The fraction of sp³-hybridized carbons (Fsp3) is 0.0714. The van der Waals surface area contributed by atoms with Crippen molar-refractivity contribution in [3.8, 4) is 11.4 Å². The molecular formula is C14H9Cl2N4. The number of benzene rings is 2. The first-order valence-corrected chi connectivity index (χ1v) is 6.67. The second kappa shape index (κ2) is 5.61. The topological polar surface area (TPSA) is 43.6 Å². The van der Waals surface area contributed by atoms with Crippen molar-refractivity contribution in [3.63, 3.8) is 0 Å². The van der Waals surface area contributed by atoms with Crippen molar-refractivity contribution < 1.29 is 0 Å². The molecule has 0 N–H and O–H groups in total. The molecule has 0 amide bonds. The molecule has 2 aromatic carbocycles. The Labute approximate surface area is 126 Å². The fourth-order valence-corrected chi connectivity index (χ4v) is 2.16. The van der Waals surface area contributed by atoms with Gasteiger partial charge in [-0.2, -0.15) is 4.80 Å². The molecule has 6 heteroatoms. The van der Waals surface area contributed by atoms with Crippen molar-refractivity contribution in [2.75, 3.05) is 0 Å². The van der Waals surface area contributed by atoms with Gasteiger partial charge in [-0.15, -0.1) is 10.2 Å². The molecule has 3 aromatic rings. The zero-order valence-corrected chi connectivity index (χ0v) is 11.8. The molecule has 1 heterocycles. The maximum absolute atomic E-state index is 6.12. The molecule has 0 spiro atoms. The highest BCUT2D eigenvalue weighted by atomic mass is 35.5. The number of tetrazole rings is 1. The molecule has 3 rings (SSSR count). The predicted molar refractivity (Wildman–Crippen MR) is 77.7 cm³/mol. The summed E-state index contributed by atoms with van der Waals surface area (Å²) < 4.78 is 0. The Morgan fingerprint density at radius 3 is 2.70 bits per heavy atom. The van der Waals surface area contributed by atoms with E-state index in [9.17, 15) is 0 Å². The van der Waals surface area contributed by atoms with E-state index in [1.807, 2.05) is 30.3 Å². The number of aromatic nitrogens is 4. The zero-order valence-electron chi connectivity index (χ0n) is 10.3. The van der Waals surface area contributed by atoms with Crippen molar-refractivity contribution >= 4 is 23.2 Å². The summed E-state index contributed by atoms with van der Waals surface area (Å²) in [5.41, 5.74) is 1.75. The van der Waals surface area contributed by atoms with Crippen LogP contribution in [0.3, 0.4) is 0 Å². The van der Waals surface area contributed by atoms with Crippen molar-refractivity contribution in [3.05, 3.63) is 64.1 Å². The maximum atomic E-state index is 6.12. The monoisotopic (exact) mass is 303 g/mol. The van der Waals surface area contributed by atoms with E-state index in [4.69, 9.17) is 23.2 Å². The number of halogens is 2. The largest absolute Gasteiger partial charge is 0.206 e. The molecule has 99 valence electrons. The molecule has 0 fully saturated rings. The van der Waals surface area contributed by atoms with Gasteiger partial charge in [0.15, 0.2) is 0 Å². The SMILES string of the molecule is Clc1[c]ccc(-c2nnn(Cc3ccccc3)n2)c1Cl. The van der Waals surface area contributed by atoms with Gasteiger partial charge < -0.3 is 0 Å². The Morgan fingerprint density at radius 2 is 1.90 bits per heavy atom. The molecule has 4 nitrogen and oxygen atoms in total. The Bertz CT molecular complexity index is 725. The summed E-state index contributed by atoms with van der Waals surface area (Å²) in [6.45, 7) is 0.554. The third kappa shape index (κ3) is 2.66. The third-order valence-corrected chi connectivity index (χ3v) is 3.54. The molecule has 0 aliphatic rings.